The standard InChI is InChI=1S/C53H35N2/c1-2-14-38(15-3-1)53-48-20-10-11-21-50(48)54-55(53)44-29-26-37(27-30-44)41-28-31-47-49(34-41)52(43-25-23-36-13-5-7-17-40(36)33-43)46-19-9-8-18-45(46)51(47)42-24-22-35-12-4-6-16-39(35)32-42/h1-34,53H/q+1. The molecule has 0 saturated heterocycles. The van der Waals surface area contributed by atoms with Crippen LogP contribution in [0.5, 0.6) is 0 Å². The first-order valence-electron chi connectivity index (χ1n) is 19.0. The summed E-state index contributed by atoms with van der Waals surface area (Å²) in [6.07, 6.45) is 0. The molecule has 1 atom stereocenters. The van der Waals surface area contributed by atoms with Crippen molar-refractivity contribution in [3.05, 3.63) is 217 Å². The van der Waals surface area contributed by atoms with Gasteiger partial charge in [0.2, 0.25) is 11.7 Å². The zero-order valence-corrected chi connectivity index (χ0v) is 30.1. The molecule has 2 heteroatoms. The molecule has 256 valence electrons. The van der Waals surface area contributed by atoms with E-state index in [1.165, 1.54) is 87.6 Å². The lowest BCUT2D eigenvalue weighted by Crippen LogP contribution is -2.10. The molecule has 0 N–H and O–H groups in total. The lowest BCUT2D eigenvalue weighted by atomic mass is 9.84. The van der Waals surface area contributed by atoms with Gasteiger partial charge in [0.15, 0.2) is 0 Å². The van der Waals surface area contributed by atoms with Crippen LogP contribution >= 0.6 is 0 Å². The zero-order valence-electron chi connectivity index (χ0n) is 30.1. The molecule has 11 rings (SSSR count). The number of azo groups is 2. The summed E-state index contributed by atoms with van der Waals surface area (Å²) in [6.45, 7) is 0. The Labute approximate surface area is 319 Å². The molecule has 2 nitrogen and oxygen atoms in total. The van der Waals surface area contributed by atoms with Gasteiger partial charge in [-0.05, 0) is 119 Å². The van der Waals surface area contributed by atoms with Crippen molar-refractivity contribution in [2.45, 2.75) is 6.04 Å². The predicted molar refractivity (Wildman–Crippen MR) is 230 cm³/mol. The van der Waals surface area contributed by atoms with E-state index in [0.717, 1.165) is 11.4 Å². The fourth-order valence-electron chi connectivity index (χ4n) is 8.75. The Bertz CT molecular complexity index is 3140. The Kier molecular flexibility index (Phi) is 7.28. The average Bonchev–Trinajstić information content (AvgIpc) is 3.65. The zero-order chi connectivity index (χ0) is 36.3. The van der Waals surface area contributed by atoms with Gasteiger partial charge < -0.3 is 0 Å². The van der Waals surface area contributed by atoms with Gasteiger partial charge in [0.1, 0.15) is 5.69 Å². The maximum absolute atomic E-state index is 5.11. The van der Waals surface area contributed by atoms with E-state index in [-0.39, 0.29) is 6.04 Å². The largest absolute Gasteiger partial charge is 0.237 e. The molecule has 0 aliphatic carbocycles. The maximum atomic E-state index is 5.11. The Hall–Kier alpha value is -7.16. The van der Waals surface area contributed by atoms with E-state index < -0.39 is 0 Å². The molecule has 10 aromatic carbocycles. The Morgan fingerprint density at radius 2 is 0.855 bits per heavy atom. The summed E-state index contributed by atoms with van der Waals surface area (Å²) in [6, 6.07) is 75.2. The van der Waals surface area contributed by atoms with Gasteiger partial charge in [-0.15, -0.1) is 0 Å². The molecule has 1 aliphatic heterocycles. The number of benzene rings is 10. The maximum Gasteiger partial charge on any atom is 0.237 e. The highest BCUT2D eigenvalue weighted by Gasteiger charge is 2.37. The molecule has 10 aromatic rings. The Balaban J connectivity index is 1.10. The molecule has 0 fully saturated rings. The van der Waals surface area contributed by atoms with Gasteiger partial charge in [0.05, 0.1) is 5.56 Å². The monoisotopic (exact) mass is 699 g/mol. The first-order valence-corrected chi connectivity index (χ1v) is 19.0. The van der Waals surface area contributed by atoms with E-state index in [2.05, 4.69) is 211 Å². The third kappa shape index (κ3) is 5.26. The van der Waals surface area contributed by atoms with Crippen LogP contribution < -0.4 is 0 Å². The van der Waals surface area contributed by atoms with Gasteiger partial charge in [0, 0.05) is 22.8 Å². The van der Waals surface area contributed by atoms with Crippen molar-refractivity contribution in [3.8, 4) is 33.4 Å². The summed E-state index contributed by atoms with van der Waals surface area (Å²) in [5.41, 5.74) is 11.9. The summed E-state index contributed by atoms with van der Waals surface area (Å²) in [5, 5.41) is 15.1. The fraction of sp³-hybridized carbons (Fsp3) is 0.0189. The summed E-state index contributed by atoms with van der Waals surface area (Å²) in [5.74, 6) is 0. The topological polar surface area (TPSA) is 15.4 Å². The van der Waals surface area contributed by atoms with Crippen molar-refractivity contribution in [1.29, 1.82) is 0 Å². The third-order valence-electron chi connectivity index (χ3n) is 11.4. The molecule has 0 saturated carbocycles. The van der Waals surface area contributed by atoms with Gasteiger partial charge >= 0.3 is 0 Å². The van der Waals surface area contributed by atoms with E-state index in [1.54, 1.807) is 0 Å². The van der Waals surface area contributed by atoms with Crippen LogP contribution in [0.4, 0.5) is 11.4 Å². The second-order valence-electron chi connectivity index (χ2n) is 14.5. The van der Waals surface area contributed by atoms with Crippen molar-refractivity contribution in [3.63, 3.8) is 0 Å². The summed E-state index contributed by atoms with van der Waals surface area (Å²) >= 11 is 0. The van der Waals surface area contributed by atoms with Gasteiger partial charge in [-0.2, -0.15) is 0 Å². The summed E-state index contributed by atoms with van der Waals surface area (Å²) in [4.78, 5) is 0. The second kappa shape index (κ2) is 12.8. The van der Waals surface area contributed by atoms with Crippen LogP contribution in [0.1, 0.15) is 17.2 Å². The van der Waals surface area contributed by atoms with Crippen LogP contribution in [0.25, 0.3) is 76.5 Å². The van der Waals surface area contributed by atoms with Crippen molar-refractivity contribution >= 4 is 54.5 Å². The molecule has 0 aromatic heterocycles. The number of hydrogen-bond donors (Lipinski definition) is 0. The molecule has 0 spiro atoms. The molecule has 0 amide bonds. The van der Waals surface area contributed by atoms with Crippen molar-refractivity contribution in [2.75, 3.05) is 0 Å². The first-order chi connectivity index (χ1) is 27.3. The number of fused-ring (bicyclic) bond motifs is 5. The van der Waals surface area contributed by atoms with E-state index in [1.807, 2.05) is 0 Å². The van der Waals surface area contributed by atoms with Crippen LogP contribution in [0.2, 0.25) is 0 Å². The fourth-order valence-corrected chi connectivity index (χ4v) is 8.75. The second-order valence-corrected chi connectivity index (χ2v) is 14.5. The van der Waals surface area contributed by atoms with Crippen molar-refractivity contribution in [2.24, 2.45) is 5.11 Å². The summed E-state index contributed by atoms with van der Waals surface area (Å²) < 4.78 is 2.17. The highest BCUT2D eigenvalue weighted by atomic mass is 15.3. The minimum Gasteiger partial charge on any atom is -0.0722 e. The van der Waals surface area contributed by atoms with Crippen molar-refractivity contribution in [1.82, 2.24) is 0 Å². The van der Waals surface area contributed by atoms with Crippen LogP contribution in [0.15, 0.2) is 211 Å². The van der Waals surface area contributed by atoms with Gasteiger partial charge in [0.25, 0.3) is 0 Å². The number of nitrogens with zero attached hydrogens (tertiary/aromatic N) is 2. The number of hydrogen-bond acceptors (Lipinski definition) is 1. The van der Waals surface area contributed by atoms with Crippen molar-refractivity contribution < 1.29 is 4.70 Å². The normalized spacial score (nSPS) is 13.7. The Morgan fingerprint density at radius 1 is 0.345 bits per heavy atom. The molecule has 1 unspecified atom stereocenters. The average molecular weight is 700 g/mol. The van der Waals surface area contributed by atoms with Crippen LogP contribution in [0, 0.1) is 0 Å². The van der Waals surface area contributed by atoms with E-state index >= 15 is 0 Å². The quantitative estimate of drug-likeness (QED) is 0.126. The Morgan fingerprint density at radius 3 is 1.53 bits per heavy atom. The van der Waals surface area contributed by atoms with Gasteiger partial charge in [-0.3, -0.25) is 0 Å². The minimum absolute atomic E-state index is 0.0234. The highest BCUT2D eigenvalue weighted by Crippen LogP contribution is 2.47. The minimum atomic E-state index is 0.0234. The van der Waals surface area contributed by atoms with Crippen LogP contribution in [-0.4, -0.2) is 4.70 Å². The van der Waals surface area contributed by atoms with E-state index in [9.17, 15) is 0 Å². The van der Waals surface area contributed by atoms with E-state index in [4.69, 9.17) is 5.11 Å². The third-order valence-corrected chi connectivity index (χ3v) is 11.4. The van der Waals surface area contributed by atoms with E-state index in [0.29, 0.717) is 0 Å². The molecule has 1 heterocycles. The van der Waals surface area contributed by atoms with Crippen LogP contribution in [0.3, 0.4) is 0 Å². The predicted octanol–water partition coefficient (Wildman–Crippen LogP) is 14.8. The molecule has 0 radical (unpaired) electrons. The highest BCUT2D eigenvalue weighted by molar-refractivity contribution is 6.22. The molecule has 0 bridgehead atoms. The van der Waals surface area contributed by atoms with Crippen LogP contribution in [-0.2, 0) is 0 Å². The molecular formula is C53H35N2+. The van der Waals surface area contributed by atoms with Gasteiger partial charge in [-0.1, -0.05) is 156 Å². The molecule has 1 aliphatic rings. The molecular weight excluding hydrogens is 665 g/mol. The smallest absolute Gasteiger partial charge is 0.0722 e. The lowest BCUT2D eigenvalue weighted by Gasteiger charge is -2.19. The number of rotatable bonds is 5. The van der Waals surface area contributed by atoms with Gasteiger partial charge in [-0.25, -0.2) is 0 Å². The first kappa shape index (κ1) is 31.4. The molecule has 55 heavy (non-hydrogen) atoms. The SMILES string of the molecule is c1ccc(C2c3ccccc3N=[N+]2c2ccc(-c3ccc4c(-c5ccc6ccccc6c5)c5ccccc5c(-c5ccc6ccccc6c5)c4c3)cc2)cc1. The summed E-state index contributed by atoms with van der Waals surface area (Å²) in [7, 11) is 0. The lowest BCUT2D eigenvalue weighted by molar-refractivity contribution is -0.536.